The molecule has 0 saturated carbocycles. The SMILES string of the molecule is CCCC(C)(CC)c1ccc(-c2c(C)cccc2C)c2c3ccc(C)cc3[n+]3c(-c4c(C)cccc4C)c(C)n(C)c3c12. The Hall–Kier alpha value is -3.91. The molecule has 2 heteroatoms. The van der Waals surface area contributed by atoms with Crippen molar-refractivity contribution in [2.45, 2.75) is 87.0 Å². The third-order valence-electron chi connectivity index (χ3n) is 10.4. The van der Waals surface area contributed by atoms with Crippen molar-refractivity contribution >= 4 is 27.3 Å². The fourth-order valence-electron chi connectivity index (χ4n) is 7.89. The van der Waals surface area contributed by atoms with Crippen molar-refractivity contribution in [1.82, 2.24) is 4.57 Å². The van der Waals surface area contributed by atoms with Gasteiger partial charge in [0.05, 0.1) is 12.4 Å². The predicted molar refractivity (Wildman–Crippen MR) is 185 cm³/mol. The summed E-state index contributed by atoms with van der Waals surface area (Å²) in [5.74, 6) is 0. The van der Waals surface area contributed by atoms with Crippen LogP contribution in [0.25, 0.3) is 49.7 Å². The Bertz CT molecular complexity index is 2010. The van der Waals surface area contributed by atoms with Gasteiger partial charge in [-0.15, -0.1) is 0 Å². The van der Waals surface area contributed by atoms with E-state index in [1.165, 1.54) is 88.8 Å². The van der Waals surface area contributed by atoms with Crippen LogP contribution in [0.15, 0.2) is 66.7 Å². The van der Waals surface area contributed by atoms with Gasteiger partial charge in [-0.2, -0.15) is 4.40 Å². The smallest absolute Gasteiger partial charge is 0.229 e. The van der Waals surface area contributed by atoms with E-state index < -0.39 is 0 Å². The van der Waals surface area contributed by atoms with Crippen LogP contribution in [0.1, 0.15) is 79.1 Å². The van der Waals surface area contributed by atoms with E-state index >= 15 is 0 Å². The van der Waals surface area contributed by atoms with Gasteiger partial charge in [0.25, 0.3) is 5.65 Å². The van der Waals surface area contributed by atoms with Crippen LogP contribution in [0.2, 0.25) is 0 Å². The van der Waals surface area contributed by atoms with E-state index in [2.05, 4.69) is 145 Å². The second-order valence-corrected chi connectivity index (χ2v) is 13.3. The summed E-state index contributed by atoms with van der Waals surface area (Å²) in [6.45, 7) is 20.8. The summed E-state index contributed by atoms with van der Waals surface area (Å²) in [5, 5.41) is 4.11. The predicted octanol–water partition coefficient (Wildman–Crippen LogP) is 10.7. The standard InChI is InChI=1S/C41H47N2/c1-11-23-41(9,12-2)33-22-21-32(35-26(4)15-13-16-27(35)5)37-31-20-19-25(3)24-34(31)43-39(30(8)42(10)40(43)38(33)37)36-28(6)17-14-18-29(36)7/h13-22,24H,11-12,23H2,1-10H3/q+1. The summed E-state index contributed by atoms with van der Waals surface area (Å²) in [6, 6.07) is 25.4. The zero-order valence-electron chi connectivity index (χ0n) is 27.9. The minimum absolute atomic E-state index is 0.0646. The van der Waals surface area contributed by atoms with Crippen LogP contribution in [0, 0.1) is 41.5 Å². The Balaban J connectivity index is 1.99. The van der Waals surface area contributed by atoms with Crippen LogP contribution in [0.5, 0.6) is 0 Å². The molecule has 0 radical (unpaired) electrons. The van der Waals surface area contributed by atoms with Crippen LogP contribution >= 0.6 is 0 Å². The molecule has 1 atom stereocenters. The highest BCUT2D eigenvalue weighted by atomic mass is 15.1. The molecule has 6 aromatic rings. The van der Waals surface area contributed by atoms with E-state index in [0.717, 1.165) is 19.3 Å². The molecule has 0 amide bonds. The van der Waals surface area contributed by atoms with E-state index in [4.69, 9.17) is 0 Å². The Morgan fingerprint density at radius 1 is 0.721 bits per heavy atom. The molecule has 2 heterocycles. The number of imidazole rings is 1. The third-order valence-corrected chi connectivity index (χ3v) is 10.4. The monoisotopic (exact) mass is 567 g/mol. The molecule has 0 fully saturated rings. The number of aryl methyl sites for hydroxylation is 6. The zero-order valence-corrected chi connectivity index (χ0v) is 27.9. The highest BCUT2D eigenvalue weighted by Crippen LogP contribution is 2.46. The van der Waals surface area contributed by atoms with Gasteiger partial charge >= 0.3 is 0 Å². The van der Waals surface area contributed by atoms with E-state index in [9.17, 15) is 0 Å². The average molecular weight is 568 g/mol. The van der Waals surface area contributed by atoms with Crippen molar-refractivity contribution in [1.29, 1.82) is 0 Å². The molecule has 220 valence electrons. The van der Waals surface area contributed by atoms with Crippen molar-refractivity contribution in [3.63, 3.8) is 0 Å². The molecule has 1 unspecified atom stereocenters. The lowest BCUT2D eigenvalue weighted by atomic mass is 9.73. The van der Waals surface area contributed by atoms with Crippen LogP contribution in [0.3, 0.4) is 0 Å². The van der Waals surface area contributed by atoms with Gasteiger partial charge in [-0.05, 0) is 110 Å². The fraction of sp³-hybridized carbons (Fsp3) is 0.341. The summed E-state index contributed by atoms with van der Waals surface area (Å²) < 4.78 is 5.08. The van der Waals surface area contributed by atoms with Gasteiger partial charge in [-0.3, -0.25) is 0 Å². The minimum atomic E-state index is 0.0646. The van der Waals surface area contributed by atoms with Crippen molar-refractivity contribution in [3.05, 3.63) is 106 Å². The van der Waals surface area contributed by atoms with E-state index in [1.54, 1.807) is 0 Å². The summed E-state index contributed by atoms with van der Waals surface area (Å²) in [4.78, 5) is 0. The quantitative estimate of drug-likeness (QED) is 0.140. The molecular formula is C41H47N2+. The first-order chi connectivity index (χ1) is 20.5. The average Bonchev–Trinajstić information content (AvgIpc) is 3.23. The van der Waals surface area contributed by atoms with E-state index in [-0.39, 0.29) is 5.41 Å². The van der Waals surface area contributed by atoms with Gasteiger partial charge < -0.3 is 0 Å². The lowest BCUT2D eigenvalue weighted by Crippen LogP contribution is -2.28. The molecular weight excluding hydrogens is 520 g/mol. The maximum absolute atomic E-state index is 2.61. The number of fused-ring (bicyclic) bond motifs is 6. The number of pyridine rings is 1. The van der Waals surface area contributed by atoms with Crippen molar-refractivity contribution < 1.29 is 4.40 Å². The van der Waals surface area contributed by atoms with Crippen LogP contribution in [-0.2, 0) is 12.5 Å². The number of benzene rings is 4. The fourth-order valence-corrected chi connectivity index (χ4v) is 7.89. The van der Waals surface area contributed by atoms with Crippen LogP contribution in [-0.4, -0.2) is 4.57 Å². The molecule has 4 aromatic carbocycles. The van der Waals surface area contributed by atoms with Crippen molar-refractivity contribution in [3.8, 4) is 22.4 Å². The highest BCUT2D eigenvalue weighted by Gasteiger charge is 2.35. The summed E-state index contributed by atoms with van der Waals surface area (Å²) in [7, 11) is 2.28. The number of hydrogen-bond acceptors (Lipinski definition) is 0. The lowest BCUT2D eigenvalue weighted by molar-refractivity contribution is -0.467. The minimum Gasteiger partial charge on any atom is -0.229 e. The molecule has 0 aliphatic carbocycles. The van der Waals surface area contributed by atoms with E-state index in [0.29, 0.717) is 0 Å². The number of hydrogen-bond donors (Lipinski definition) is 0. The van der Waals surface area contributed by atoms with Crippen molar-refractivity contribution in [2.75, 3.05) is 0 Å². The maximum Gasteiger partial charge on any atom is 0.295 e. The first-order valence-corrected chi connectivity index (χ1v) is 16.1. The number of aromatic nitrogens is 2. The molecule has 2 nitrogen and oxygen atoms in total. The topological polar surface area (TPSA) is 9.03 Å². The summed E-state index contributed by atoms with van der Waals surface area (Å²) in [6.07, 6.45) is 3.42. The second kappa shape index (κ2) is 10.7. The number of nitrogens with zero attached hydrogens (tertiary/aromatic N) is 2. The third kappa shape index (κ3) is 4.33. The van der Waals surface area contributed by atoms with Gasteiger partial charge in [-0.1, -0.05) is 81.8 Å². The van der Waals surface area contributed by atoms with Crippen LogP contribution < -0.4 is 4.40 Å². The van der Waals surface area contributed by atoms with Gasteiger partial charge in [0.15, 0.2) is 5.69 Å². The zero-order chi connectivity index (χ0) is 30.8. The van der Waals surface area contributed by atoms with Gasteiger partial charge in [-0.25, -0.2) is 4.57 Å². The van der Waals surface area contributed by atoms with Crippen molar-refractivity contribution in [2.24, 2.45) is 7.05 Å². The molecule has 2 aromatic heterocycles. The largest absolute Gasteiger partial charge is 0.295 e. The van der Waals surface area contributed by atoms with Gasteiger partial charge in [0, 0.05) is 23.3 Å². The molecule has 0 N–H and O–H groups in total. The molecule has 0 aliphatic heterocycles. The first kappa shape index (κ1) is 29.2. The Kier molecular flexibility index (Phi) is 7.24. The lowest BCUT2D eigenvalue weighted by Gasteiger charge is -2.30. The molecule has 0 saturated heterocycles. The molecule has 0 spiro atoms. The molecule has 0 bridgehead atoms. The second-order valence-electron chi connectivity index (χ2n) is 13.3. The van der Waals surface area contributed by atoms with Gasteiger partial charge in [0.1, 0.15) is 11.2 Å². The van der Waals surface area contributed by atoms with Crippen LogP contribution in [0.4, 0.5) is 0 Å². The molecule has 43 heavy (non-hydrogen) atoms. The molecule has 0 aliphatic rings. The Morgan fingerprint density at radius 3 is 1.91 bits per heavy atom. The Morgan fingerprint density at radius 2 is 1.33 bits per heavy atom. The number of rotatable bonds is 6. The summed E-state index contributed by atoms with van der Waals surface area (Å²) >= 11 is 0. The maximum atomic E-state index is 2.61. The van der Waals surface area contributed by atoms with E-state index in [1.807, 2.05) is 0 Å². The first-order valence-electron chi connectivity index (χ1n) is 16.1. The summed E-state index contributed by atoms with van der Waals surface area (Å²) in [5.41, 5.74) is 17.3. The normalized spacial score (nSPS) is 13.3. The Labute approximate surface area is 258 Å². The van der Waals surface area contributed by atoms with Gasteiger partial charge in [0.2, 0.25) is 0 Å². The molecule has 6 rings (SSSR count). The highest BCUT2D eigenvalue weighted by molar-refractivity contribution is 6.18.